The van der Waals surface area contributed by atoms with Gasteiger partial charge in [0.05, 0.1) is 10.1 Å². The number of alkyl halides is 5. The van der Waals surface area contributed by atoms with Crippen LogP contribution < -0.4 is 10.6 Å². The standard InChI is InChI=1S/C13H14F3I2N3O/c1-6-3-4-8(13(14,15)16)20-9(6)21-10(22)7-5-12(2,18)11(17)19-7/h3-4,7,11,19H,5H2,1-2H3,(H,20,21,22)/t7-,11-,12+/m0/s1. The van der Waals surface area contributed by atoms with Crippen molar-refractivity contribution < 1.29 is 18.0 Å². The fourth-order valence-corrected chi connectivity index (χ4v) is 3.41. The number of carbonyl (C=O) groups is 1. The number of amides is 1. The molecule has 0 bridgehead atoms. The van der Waals surface area contributed by atoms with E-state index in [1.54, 1.807) is 6.92 Å². The normalized spacial score (nSPS) is 28.7. The Kier molecular flexibility index (Phi) is 5.27. The fourth-order valence-electron chi connectivity index (χ4n) is 2.10. The van der Waals surface area contributed by atoms with Gasteiger partial charge in [0.2, 0.25) is 5.91 Å². The number of nitrogens with zero attached hydrogens (tertiary/aromatic N) is 1. The van der Waals surface area contributed by atoms with Gasteiger partial charge in [0.25, 0.3) is 0 Å². The smallest absolute Gasteiger partial charge is 0.309 e. The van der Waals surface area contributed by atoms with Crippen LogP contribution >= 0.6 is 45.2 Å². The Morgan fingerprint density at radius 3 is 2.64 bits per heavy atom. The van der Waals surface area contributed by atoms with Gasteiger partial charge in [-0.3, -0.25) is 10.1 Å². The monoisotopic (exact) mass is 539 g/mol. The Labute approximate surface area is 153 Å². The topological polar surface area (TPSA) is 54.0 Å². The molecule has 1 aromatic rings. The molecule has 0 aromatic carbocycles. The number of aryl methyl sites for hydroxylation is 1. The zero-order valence-electron chi connectivity index (χ0n) is 11.8. The first-order chi connectivity index (χ1) is 10.0. The predicted octanol–water partition coefficient (Wildman–Crippen LogP) is 3.66. The first-order valence-electron chi connectivity index (χ1n) is 6.45. The van der Waals surface area contributed by atoms with Crippen molar-refractivity contribution in [3.8, 4) is 0 Å². The lowest BCUT2D eigenvalue weighted by Crippen LogP contribution is -2.38. The Hall–Kier alpha value is -0.170. The van der Waals surface area contributed by atoms with Crippen LogP contribution in [0.25, 0.3) is 0 Å². The van der Waals surface area contributed by atoms with E-state index >= 15 is 0 Å². The SMILES string of the molecule is Cc1ccc(C(F)(F)F)nc1NC(=O)[C@@H]1C[C@@](C)(I)[C@@H](I)N1. The van der Waals surface area contributed by atoms with Gasteiger partial charge in [0.15, 0.2) is 0 Å². The lowest BCUT2D eigenvalue weighted by molar-refractivity contribution is -0.141. The van der Waals surface area contributed by atoms with Crippen molar-refractivity contribution in [2.24, 2.45) is 0 Å². The molecule has 0 spiro atoms. The summed E-state index contributed by atoms with van der Waals surface area (Å²) in [6, 6.07) is 1.76. The van der Waals surface area contributed by atoms with E-state index in [2.05, 4.69) is 60.8 Å². The van der Waals surface area contributed by atoms with Gasteiger partial charge in [-0.05, 0) is 31.9 Å². The van der Waals surface area contributed by atoms with Crippen molar-refractivity contribution in [2.45, 2.75) is 40.0 Å². The van der Waals surface area contributed by atoms with Crippen LogP contribution in [0.15, 0.2) is 12.1 Å². The Balaban J connectivity index is 2.16. The van der Waals surface area contributed by atoms with Crippen LogP contribution in [0, 0.1) is 6.92 Å². The average Bonchev–Trinajstić information content (AvgIpc) is 2.65. The molecular weight excluding hydrogens is 525 g/mol. The molecular formula is C13H14F3I2N3O. The molecule has 2 rings (SSSR count). The molecule has 1 aliphatic heterocycles. The quantitative estimate of drug-likeness (QED) is 0.343. The second-order valence-corrected chi connectivity index (χ2v) is 9.12. The van der Waals surface area contributed by atoms with Gasteiger partial charge in [-0.25, -0.2) is 4.98 Å². The summed E-state index contributed by atoms with van der Waals surface area (Å²) in [7, 11) is 0. The molecule has 1 aromatic heterocycles. The number of anilines is 1. The van der Waals surface area contributed by atoms with Crippen LogP contribution in [-0.4, -0.2) is 24.4 Å². The first kappa shape index (κ1) is 18.2. The Morgan fingerprint density at radius 1 is 1.50 bits per heavy atom. The minimum atomic E-state index is -4.53. The van der Waals surface area contributed by atoms with Gasteiger partial charge < -0.3 is 5.32 Å². The van der Waals surface area contributed by atoms with E-state index in [0.717, 1.165) is 6.07 Å². The van der Waals surface area contributed by atoms with Crippen molar-refractivity contribution >= 4 is 56.9 Å². The number of rotatable bonds is 2. The van der Waals surface area contributed by atoms with Crippen molar-refractivity contribution in [3.05, 3.63) is 23.4 Å². The molecule has 0 saturated carbocycles. The maximum atomic E-state index is 12.7. The van der Waals surface area contributed by atoms with Crippen LogP contribution in [0.1, 0.15) is 24.6 Å². The van der Waals surface area contributed by atoms with Crippen LogP contribution in [-0.2, 0) is 11.0 Å². The molecule has 4 nitrogen and oxygen atoms in total. The molecule has 1 amide bonds. The van der Waals surface area contributed by atoms with E-state index in [1.165, 1.54) is 6.07 Å². The number of nitrogens with one attached hydrogen (secondary N) is 2. The van der Waals surface area contributed by atoms with E-state index in [9.17, 15) is 18.0 Å². The first-order valence-corrected chi connectivity index (χ1v) is 8.78. The molecule has 1 fully saturated rings. The predicted molar refractivity (Wildman–Crippen MR) is 94.4 cm³/mol. The maximum absolute atomic E-state index is 12.7. The molecule has 1 saturated heterocycles. The van der Waals surface area contributed by atoms with Gasteiger partial charge in [0, 0.05) is 3.42 Å². The second-order valence-electron chi connectivity index (χ2n) is 5.41. The number of hydrogen-bond donors (Lipinski definition) is 2. The molecule has 3 atom stereocenters. The fraction of sp³-hybridized carbons (Fsp3) is 0.538. The van der Waals surface area contributed by atoms with E-state index in [1.807, 2.05) is 6.92 Å². The molecule has 22 heavy (non-hydrogen) atoms. The molecule has 2 N–H and O–H groups in total. The van der Waals surface area contributed by atoms with E-state index in [4.69, 9.17) is 0 Å². The van der Waals surface area contributed by atoms with E-state index in [-0.39, 0.29) is 19.2 Å². The third-order valence-electron chi connectivity index (χ3n) is 3.42. The van der Waals surface area contributed by atoms with Crippen LogP contribution in [0.5, 0.6) is 0 Å². The maximum Gasteiger partial charge on any atom is 0.433 e. The molecule has 0 radical (unpaired) electrons. The molecule has 0 aliphatic carbocycles. The van der Waals surface area contributed by atoms with Crippen molar-refractivity contribution in [3.63, 3.8) is 0 Å². The zero-order valence-corrected chi connectivity index (χ0v) is 16.1. The summed E-state index contributed by atoms with van der Waals surface area (Å²) in [4.78, 5) is 15.8. The molecule has 2 heterocycles. The summed E-state index contributed by atoms with van der Waals surface area (Å²) in [5, 5.41) is 5.65. The average molecular weight is 539 g/mol. The highest BCUT2D eigenvalue weighted by Crippen LogP contribution is 2.37. The van der Waals surface area contributed by atoms with Crippen LogP contribution in [0.4, 0.5) is 19.0 Å². The molecule has 0 unspecified atom stereocenters. The number of pyridine rings is 1. The number of halogens is 5. The van der Waals surface area contributed by atoms with E-state index < -0.39 is 17.9 Å². The van der Waals surface area contributed by atoms with Crippen molar-refractivity contribution in [1.82, 2.24) is 10.3 Å². The van der Waals surface area contributed by atoms with Gasteiger partial charge in [-0.1, -0.05) is 51.2 Å². The summed E-state index contributed by atoms with van der Waals surface area (Å²) >= 11 is 4.49. The minimum Gasteiger partial charge on any atom is -0.309 e. The lowest BCUT2D eigenvalue weighted by atomic mass is 10.1. The van der Waals surface area contributed by atoms with E-state index in [0.29, 0.717) is 12.0 Å². The molecule has 9 heteroatoms. The number of carbonyl (C=O) groups excluding carboxylic acids is 1. The summed E-state index contributed by atoms with van der Waals surface area (Å²) in [5.74, 6) is -0.411. The highest BCUT2D eigenvalue weighted by molar-refractivity contribution is 14.1. The third-order valence-corrected chi connectivity index (χ3v) is 7.41. The second kappa shape index (κ2) is 6.38. The van der Waals surface area contributed by atoms with Gasteiger partial charge >= 0.3 is 6.18 Å². The summed E-state index contributed by atoms with van der Waals surface area (Å²) < 4.78 is 38.1. The number of hydrogen-bond acceptors (Lipinski definition) is 3. The van der Waals surface area contributed by atoms with Crippen molar-refractivity contribution in [1.29, 1.82) is 0 Å². The summed E-state index contributed by atoms with van der Waals surface area (Å²) in [5.41, 5.74) is -0.527. The third kappa shape index (κ3) is 4.02. The highest BCUT2D eigenvalue weighted by Gasteiger charge is 2.43. The Morgan fingerprint density at radius 2 is 2.14 bits per heavy atom. The largest absolute Gasteiger partial charge is 0.433 e. The highest BCUT2D eigenvalue weighted by atomic mass is 127. The van der Waals surface area contributed by atoms with Gasteiger partial charge in [-0.15, -0.1) is 0 Å². The lowest BCUT2D eigenvalue weighted by Gasteiger charge is -2.17. The van der Waals surface area contributed by atoms with Gasteiger partial charge in [0.1, 0.15) is 11.5 Å². The van der Waals surface area contributed by atoms with Crippen LogP contribution in [0.2, 0.25) is 0 Å². The zero-order chi connectivity index (χ0) is 16.7. The summed E-state index contributed by atoms with van der Waals surface area (Å²) in [6.07, 6.45) is -3.93. The van der Waals surface area contributed by atoms with Crippen LogP contribution in [0.3, 0.4) is 0 Å². The molecule has 1 aliphatic rings. The number of aromatic nitrogens is 1. The summed E-state index contributed by atoms with van der Waals surface area (Å²) in [6.45, 7) is 3.63. The Bertz CT molecular complexity index is 592. The minimum absolute atomic E-state index is 0.0475. The molecule has 122 valence electrons. The van der Waals surface area contributed by atoms with Crippen molar-refractivity contribution in [2.75, 3.05) is 5.32 Å². The van der Waals surface area contributed by atoms with Gasteiger partial charge in [-0.2, -0.15) is 13.2 Å².